The molecule has 1 aromatic heterocycles. The molecule has 2 fully saturated rings. The van der Waals surface area contributed by atoms with Crippen LogP contribution < -0.4 is 0 Å². The average Bonchev–Trinajstić information content (AvgIpc) is 3.01. The topological polar surface area (TPSA) is 54.9 Å². The Morgan fingerprint density at radius 2 is 2.28 bits per heavy atom. The lowest BCUT2D eigenvalue weighted by Crippen LogP contribution is -2.50. The number of piperidine rings is 1. The number of carbonyl (C=O) groups excluding carboxylic acids is 1. The zero-order valence-corrected chi connectivity index (χ0v) is 15.3. The van der Waals surface area contributed by atoms with Crippen molar-refractivity contribution in [1.29, 1.82) is 0 Å². The normalized spacial score (nSPS) is 26.5. The number of aromatic nitrogens is 1. The molecule has 0 aliphatic carbocycles. The third-order valence-electron chi connectivity index (χ3n) is 5.29. The minimum absolute atomic E-state index is 0.0886. The number of rotatable bonds is 6. The Labute approximate surface area is 150 Å². The lowest BCUT2D eigenvalue weighted by atomic mass is 9.86. The number of hydrogen-bond donors (Lipinski definition) is 0. The first-order chi connectivity index (χ1) is 12.1. The Morgan fingerprint density at radius 3 is 3.04 bits per heavy atom. The highest BCUT2D eigenvalue weighted by atomic mass is 16.5. The summed E-state index contributed by atoms with van der Waals surface area (Å²) in [4.78, 5) is 21.0. The molecule has 1 amide bonds. The monoisotopic (exact) mass is 347 g/mol. The molecule has 2 unspecified atom stereocenters. The van der Waals surface area contributed by atoms with Gasteiger partial charge in [-0.3, -0.25) is 9.78 Å². The fraction of sp³-hybridized carbons (Fsp3) is 0.684. The highest BCUT2D eigenvalue weighted by Crippen LogP contribution is 2.38. The van der Waals surface area contributed by atoms with Gasteiger partial charge in [-0.1, -0.05) is 0 Å². The van der Waals surface area contributed by atoms with Gasteiger partial charge in [0.25, 0.3) is 5.91 Å². The predicted molar refractivity (Wildman–Crippen MR) is 95.5 cm³/mol. The average molecular weight is 347 g/mol. The number of hydrogen-bond acceptors (Lipinski definition) is 5. The Balaban J connectivity index is 1.57. The molecule has 2 atom stereocenters. The van der Waals surface area contributed by atoms with Gasteiger partial charge in [-0.05, 0) is 44.4 Å². The minimum atomic E-state index is -0.159. The van der Waals surface area contributed by atoms with Crippen LogP contribution >= 0.6 is 0 Å². The Kier molecular flexibility index (Phi) is 6.04. The second kappa shape index (κ2) is 8.25. The van der Waals surface area contributed by atoms with Gasteiger partial charge in [-0.2, -0.15) is 0 Å². The van der Waals surface area contributed by atoms with Crippen LogP contribution in [-0.4, -0.2) is 79.8 Å². The lowest BCUT2D eigenvalue weighted by molar-refractivity contribution is -0.0450. The van der Waals surface area contributed by atoms with Gasteiger partial charge >= 0.3 is 0 Å². The highest BCUT2D eigenvalue weighted by Gasteiger charge is 2.44. The molecular formula is C19H29N3O3. The maximum Gasteiger partial charge on any atom is 0.254 e. The van der Waals surface area contributed by atoms with Crippen LogP contribution in [0.15, 0.2) is 24.5 Å². The largest absolute Gasteiger partial charge is 0.383 e. The van der Waals surface area contributed by atoms with Gasteiger partial charge in [0.15, 0.2) is 0 Å². The van der Waals surface area contributed by atoms with Crippen LogP contribution in [0.2, 0.25) is 0 Å². The van der Waals surface area contributed by atoms with Crippen LogP contribution in [0.25, 0.3) is 0 Å². The quantitative estimate of drug-likeness (QED) is 0.784. The smallest absolute Gasteiger partial charge is 0.254 e. The van der Waals surface area contributed by atoms with Crippen molar-refractivity contribution >= 4 is 5.91 Å². The van der Waals surface area contributed by atoms with E-state index in [1.165, 1.54) is 0 Å². The molecule has 1 aromatic rings. The summed E-state index contributed by atoms with van der Waals surface area (Å²) in [6, 6.07) is 3.57. The van der Waals surface area contributed by atoms with E-state index >= 15 is 0 Å². The fourth-order valence-electron chi connectivity index (χ4n) is 4.07. The SMILES string of the molecule is COCCN(C)CC1COC2(CCCN(C(=O)c3ccncc3)C2)C1. The van der Waals surface area contributed by atoms with Crippen LogP contribution in [0, 0.1) is 5.92 Å². The van der Waals surface area contributed by atoms with Crippen molar-refractivity contribution in [2.75, 3.05) is 53.6 Å². The third kappa shape index (κ3) is 4.57. The van der Waals surface area contributed by atoms with Crippen LogP contribution in [-0.2, 0) is 9.47 Å². The van der Waals surface area contributed by atoms with Crippen molar-refractivity contribution in [1.82, 2.24) is 14.8 Å². The van der Waals surface area contributed by atoms with Gasteiger partial charge in [0.2, 0.25) is 0 Å². The standard InChI is InChI=1S/C19H29N3O3/c1-21(10-11-24-2)13-16-12-19(25-14-16)6-3-9-22(15-19)18(23)17-4-7-20-8-5-17/h4-5,7-8,16H,3,6,9-15H2,1-2H3. The molecule has 1 spiro atoms. The highest BCUT2D eigenvalue weighted by molar-refractivity contribution is 5.94. The summed E-state index contributed by atoms with van der Waals surface area (Å²) < 4.78 is 11.4. The summed E-state index contributed by atoms with van der Waals surface area (Å²) in [5, 5.41) is 0. The first-order valence-electron chi connectivity index (χ1n) is 9.13. The van der Waals surface area contributed by atoms with Crippen LogP contribution in [0.4, 0.5) is 0 Å². The van der Waals surface area contributed by atoms with Crippen molar-refractivity contribution < 1.29 is 14.3 Å². The summed E-state index contributed by atoms with van der Waals surface area (Å²) in [6.07, 6.45) is 6.43. The van der Waals surface area contributed by atoms with E-state index in [0.29, 0.717) is 18.0 Å². The molecule has 0 bridgehead atoms. The molecule has 3 heterocycles. The number of methoxy groups -OCH3 is 1. The molecule has 25 heavy (non-hydrogen) atoms. The second-order valence-electron chi connectivity index (χ2n) is 7.39. The molecule has 2 aliphatic heterocycles. The van der Waals surface area contributed by atoms with E-state index in [9.17, 15) is 4.79 Å². The van der Waals surface area contributed by atoms with E-state index in [-0.39, 0.29) is 11.5 Å². The zero-order valence-electron chi connectivity index (χ0n) is 15.3. The van der Waals surface area contributed by atoms with Gasteiger partial charge in [-0.15, -0.1) is 0 Å². The van der Waals surface area contributed by atoms with Gasteiger partial charge in [0, 0.05) is 51.2 Å². The molecule has 6 heteroatoms. The number of amides is 1. The molecule has 0 saturated carbocycles. The van der Waals surface area contributed by atoms with Crippen LogP contribution in [0.5, 0.6) is 0 Å². The summed E-state index contributed by atoms with van der Waals surface area (Å²) in [5.74, 6) is 0.614. The summed E-state index contributed by atoms with van der Waals surface area (Å²) in [5.41, 5.74) is 0.550. The number of likely N-dealkylation sites (tertiary alicyclic amines) is 1. The Morgan fingerprint density at radius 1 is 1.48 bits per heavy atom. The Bertz CT molecular complexity index is 568. The minimum Gasteiger partial charge on any atom is -0.383 e. The van der Waals surface area contributed by atoms with Gasteiger partial charge in [0.05, 0.1) is 18.8 Å². The molecule has 0 aromatic carbocycles. The predicted octanol–water partition coefficient (Wildman–Crippen LogP) is 1.67. The van der Waals surface area contributed by atoms with Crippen molar-refractivity contribution in [3.8, 4) is 0 Å². The second-order valence-corrected chi connectivity index (χ2v) is 7.39. The summed E-state index contributed by atoms with van der Waals surface area (Å²) in [7, 11) is 3.86. The third-order valence-corrected chi connectivity index (χ3v) is 5.29. The first-order valence-corrected chi connectivity index (χ1v) is 9.13. The number of pyridine rings is 1. The Hall–Kier alpha value is -1.50. The molecule has 3 rings (SSSR count). The van der Waals surface area contributed by atoms with E-state index in [1.807, 2.05) is 4.90 Å². The van der Waals surface area contributed by atoms with E-state index in [0.717, 1.165) is 52.1 Å². The van der Waals surface area contributed by atoms with Crippen molar-refractivity contribution in [2.45, 2.75) is 24.9 Å². The zero-order chi connectivity index (χ0) is 17.7. The molecule has 6 nitrogen and oxygen atoms in total. The van der Waals surface area contributed by atoms with Crippen molar-refractivity contribution in [3.05, 3.63) is 30.1 Å². The van der Waals surface area contributed by atoms with E-state index in [4.69, 9.17) is 9.47 Å². The lowest BCUT2D eigenvalue weighted by Gasteiger charge is -2.40. The van der Waals surface area contributed by atoms with Gasteiger partial charge < -0.3 is 19.3 Å². The molecule has 138 valence electrons. The van der Waals surface area contributed by atoms with Gasteiger partial charge in [-0.25, -0.2) is 0 Å². The van der Waals surface area contributed by atoms with E-state index in [2.05, 4.69) is 16.9 Å². The molecule has 2 aliphatic rings. The number of carbonyl (C=O) groups is 1. The molecule has 2 saturated heterocycles. The first kappa shape index (κ1) is 18.3. The molecular weight excluding hydrogens is 318 g/mol. The van der Waals surface area contributed by atoms with E-state index in [1.54, 1.807) is 31.6 Å². The maximum absolute atomic E-state index is 12.7. The fourth-order valence-corrected chi connectivity index (χ4v) is 4.07. The summed E-state index contributed by atoms with van der Waals surface area (Å²) >= 11 is 0. The van der Waals surface area contributed by atoms with Gasteiger partial charge in [0.1, 0.15) is 0 Å². The number of likely N-dealkylation sites (N-methyl/N-ethyl adjacent to an activating group) is 1. The molecule has 0 N–H and O–H groups in total. The van der Waals surface area contributed by atoms with Crippen molar-refractivity contribution in [3.63, 3.8) is 0 Å². The van der Waals surface area contributed by atoms with E-state index < -0.39 is 0 Å². The van der Waals surface area contributed by atoms with Crippen molar-refractivity contribution in [2.24, 2.45) is 5.92 Å². The summed E-state index contributed by atoms with van der Waals surface area (Å²) in [6.45, 7) is 5.01. The van der Waals surface area contributed by atoms with Crippen LogP contribution in [0.3, 0.4) is 0 Å². The maximum atomic E-state index is 12.7. The van der Waals surface area contributed by atoms with Crippen LogP contribution in [0.1, 0.15) is 29.6 Å². The number of nitrogens with zero attached hydrogens (tertiary/aromatic N) is 3. The molecule has 0 radical (unpaired) electrons. The number of ether oxygens (including phenoxy) is 2.